The van der Waals surface area contributed by atoms with E-state index in [1.54, 1.807) is 0 Å². The normalized spacial score (nSPS) is 36.6. The quantitative estimate of drug-likeness (QED) is 0.713. The maximum atomic E-state index is 3.50. The van der Waals surface area contributed by atoms with Crippen LogP contribution in [0.15, 0.2) is 0 Å². The summed E-state index contributed by atoms with van der Waals surface area (Å²) in [7, 11) is 0. The predicted molar refractivity (Wildman–Crippen MR) is 64.0 cm³/mol. The van der Waals surface area contributed by atoms with E-state index in [9.17, 15) is 0 Å². The van der Waals surface area contributed by atoms with Crippen LogP contribution in [-0.4, -0.2) is 48.1 Å². The Balaban J connectivity index is 1.85. The molecular formula is C11H22N2S. The second-order valence-corrected chi connectivity index (χ2v) is 6.06. The van der Waals surface area contributed by atoms with E-state index in [0.29, 0.717) is 0 Å². The second-order valence-electron chi connectivity index (χ2n) is 4.51. The van der Waals surface area contributed by atoms with E-state index in [4.69, 9.17) is 0 Å². The SMILES string of the molecule is CC1CN(C2CCCNCC2)CCS1. The van der Waals surface area contributed by atoms with Crippen molar-refractivity contribution in [2.45, 2.75) is 37.5 Å². The molecule has 0 aromatic heterocycles. The molecule has 2 saturated heterocycles. The molecule has 0 aromatic rings. The third kappa shape index (κ3) is 2.88. The number of hydrogen-bond acceptors (Lipinski definition) is 3. The standard InChI is InChI=1S/C11H22N2S/c1-10-9-13(7-8-14-10)11-3-2-5-12-6-4-11/h10-12H,2-9H2,1H3. The van der Waals surface area contributed by atoms with Gasteiger partial charge < -0.3 is 5.32 Å². The van der Waals surface area contributed by atoms with Crippen molar-refractivity contribution in [1.29, 1.82) is 0 Å². The summed E-state index contributed by atoms with van der Waals surface area (Å²) in [5.41, 5.74) is 0. The number of nitrogens with one attached hydrogen (secondary N) is 1. The van der Waals surface area contributed by atoms with Crippen molar-refractivity contribution in [2.75, 3.05) is 31.9 Å². The molecule has 0 aliphatic carbocycles. The molecular weight excluding hydrogens is 192 g/mol. The predicted octanol–water partition coefficient (Wildman–Crippen LogP) is 1.57. The van der Waals surface area contributed by atoms with Crippen molar-refractivity contribution in [3.63, 3.8) is 0 Å². The van der Waals surface area contributed by atoms with Gasteiger partial charge in [-0.15, -0.1) is 0 Å². The van der Waals surface area contributed by atoms with Gasteiger partial charge in [-0.05, 0) is 32.4 Å². The maximum absolute atomic E-state index is 3.50. The number of nitrogens with zero attached hydrogens (tertiary/aromatic N) is 1. The van der Waals surface area contributed by atoms with Crippen LogP contribution in [0.1, 0.15) is 26.2 Å². The molecule has 0 spiro atoms. The minimum atomic E-state index is 0.847. The topological polar surface area (TPSA) is 15.3 Å². The average molecular weight is 214 g/mol. The van der Waals surface area contributed by atoms with E-state index in [2.05, 4.69) is 28.9 Å². The van der Waals surface area contributed by atoms with Crippen LogP contribution < -0.4 is 5.32 Å². The van der Waals surface area contributed by atoms with Gasteiger partial charge in [0.15, 0.2) is 0 Å². The van der Waals surface area contributed by atoms with Gasteiger partial charge >= 0.3 is 0 Å². The summed E-state index contributed by atoms with van der Waals surface area (Å²) in [5.74, 6) is 1.34. The van der Waals surface area contributed by atoms with E-state index >= 15 is 0 Å². The number of thioether (sulfide) groups is 1. The van der Waals surface area contributed by atoms with E-state index < -0.39 is 0 Å². The second kappa shape index (κ2) is 5.38. The van der Waals surface area contributed by atoms with Gasteiger partial charge in [0.2, 0.25) is 0 Å². The lowest BCUT2D eigenvalue weighted by Crippen LogP contribution is -2.44. The molecule has 2 aliphatic rings. The van der Waals surface area contributed by atoms with Crippen LogP contribution in [0.3, 0.4) is 0 Å². The summed E-state index contributed by atoms with van der Waals surface area (Å²) in [5, 5.41) is 4.34. The molecule has 2 atom stereocenters. The third-order valence-corrected chi connectivity index (χ3v) is 4.47. The first-order chi connectivity index (χ1) is 6.86. The summed E-state index contributed by atoms with van der Waals surface area (Å²) in [4.78, 5) is 2.73. The Kier molecular flexibility index (Phi) is 4.14. The molecule has 2 unspecified atom stereocenters. The monoisotopic (exact) mass is 214 g/mol. The minimum Gasteiger partial charge on any atom is -0.317 e. The van der Waals surface area contributed by atoms with E-state index in [1.807, 2.05) is 0 Å². The van der Waals surface area contributed by atoms with Gasteiger partial charge in [0.05, 0.1) is 0 Å². The highest BCUT2D eigenvalue weighted by molar-refractivity contribution is 7.99. The smallest absolute Gasteiger partial charge is 0.0147 e. The van der Waals surface area contributed by atoms with Crippen molar-refractivity contribution >= 4 is 11.8 Å². The summed E-state index contributed by atoms with van der Waals surface area (Å²) in [6.45, 7) is 7.46. The highest BCUT2D eigenvalue weighted by Crippen LogP contribution is 2.22. The van der Waals surface area contributed by atoms with Crippen molar-refractivity contribution in [3.8, 4) is 0 Å². The molecule has 2 fully saturated rings. The molecule has 0 aromatic carbocycles. The van der Waals surface area contributed by atoms with Crippen LogP contribution in [0, 0.1) is 0 Å². The van der Waals surface area contributed by atoms with Crippen LogP contribution in [0.5, 0.6) is 0 Å². The molecule has 1 N–H and O–H groups in total. The molecule has 2 nitrogen and oxygen atoms in total. The molecule has 2 aliphatic heterocycles. The summed E-state index contributed by atoms with van der Waals surface area (Å²) < 4.78 is 0. The Hall–Kier alpha value is 0.270. The van der Waals surface area contributed by atoms with Crippen LogP contribution >= 0.6 is 11.8 Å². The van der Waals surface area contributed by atoms with E-state index in [-0.39, 0.29) is 0 Å². The fourth-order valence-electron chi connectivity index (χ4n) is 2.54. The summed E-state index contributed by atoms with van der Waals surface area (Å²) in [6.07, 6.45) is 4.13. The molecule has 14 heavy (non-hydrogen) atoms. The Morgan fingerprint density at radius 2 is 2.21 bits per heavy atom. The largest absolute Gasteiger partial charge is 0.317 e. The van der Waals surface area contributed by atoms with Crippen molar-refractivity contribution in [2.24, 2.45) is 0 Å². The van der Waals surface area contributed by atoms with Crippen molar-refractivity contribution in [1.82, 2.24) is 10.2 Å². The molecule has 3 heteroatoms. The Morgan fingerprint density at radius 1 is 1.29 bits per heavy atom. The van der Waals surface area contributed by atoms with Gasteiger partial charge in [-0.1, -0.05) is 6.92 Å². The number of hydrogen-bond donors (Lipinski definition) is 1. The molecule has 2 rings (SSSR count). The molecule has 0 amide bonds. The first-order valence-electron chi connectivity index (χ1n) is 5.92. The Bertz CT molecular complexity index is 167. The lowest BCUT2D eigenvalue weighted by atomic mass is 10.1. The molecule has 0 radical (unpaired) electrons. The summed E-state index contributed by atoms with van der Waals surface area (Å²) >= 11 is 2.13. The molecule has 82 valence electrons. The van der Waals surface area contributed by atoms with Gasteiger partial charge in [0.1, 0.15) is 0 Å². The van der Waals surface area contributed by atoms with Gasteiger partial charge in [0.25, 0.3) is 0 Å². The Morgan fingerprint density at radius 3 is 3.07 bits per heavy atom. The van der Waals surface area contributed by atoms with Crippen LogP contribution in [0.2, 0.25) is 0 Å². The van der Waals surface area contributed by atoms with E-state index in [1.165, 1.54) is 51.2 Å². The van der Waals surface area contributed by atoms with Gasteiger partial charge in [-0.3, -0.25) is 4.90 Å². The zero-order valence-electron chi connectivity index (χ0n) is 9.17. The number of rotatable bonds is 1. The van der Waals surface area contributed by atoms with Crippen LogP contribution in [-0.2, 0) is 0 Å². The zero-order chi connectivity index (χ0) is 9.80. The Labute approximate surface area is 91.8 Å². The highest BCUT2D eigenvalue weighted by Gasteiger charge is 2.24. The lowest BCUT2D eigenvalue weighted by molar-refractivity contribution is 0.190. The molecule has 2 heterocycles. The minimum absolute atomic E-state index is 0.847. The van der Waals surface area contributed by atoms with Crippen LogP contribution in [0.25, 0.3) is 0 Å². The van der Waals surface area contributed by atoms with Crippen LogP contribution in [0.4, 0.5) is 0 Å². The molecule has 0 bridgehead atoms. The van der Waals surface area contributed by atoms with Gasteiger partial charge in [-0.25, -0.2) is 0 Å². The van der Waals surface area contributed by atoms with Gasteiger partial charge in [-0.2, -0.15) is 11.8 Å². The van der Waals surface area contributed by atoms with E-state index in [0.717, 1.165) is 11.3 Å². The maximum Gasteiger partial charge on any atom is 0.0147 e. The fourth-order valence-corrected chi connectivity index (χ4v) is 3.58. The zero-order valence-corrected chi connectivity index (χ0v) is 9.98. The molecule has 0 saturated carbocycles. The summed E-state index contributed by atoms with van der Waals surface area (Å²) in [6, 6.07) is 0.869. The first kappa shape index (κ1) is 10.8. The third-order valence-electron chi connectivity index (χ3n) is 3.33. The lowest BCUT2D eigenvalue weighted by Gasteiger charge is -2.36. The first-order valence-corrected chi connectivity index (χ1v) is 6.97. The fraction of sp³-hybridized carbons (Fsp3) is 1.00. The highest BCUT2D eigenvalue weighted by atomic mass is 32.2. The average Bonchev–Trinajstić information content (AvgIpc) is 2.45. The van der Waals surface area contributed by atoms with Crippen molar-refractivity contribution in [3.05, 3.63) is 0 Å². The van der Waals surface area contributed by atoms with Crippen molar-refractivity contribution < 1.29 is 0 Å². The van der Waals surface area contributed by atoms with Gasteiger partial charge in [0, 0.05) is 30.1 Å².